The molecule has 3 nitrogen and oxygen atoms in total. The quantitative estimate of drug-likeness (QED) is 0.860. The van der Waals surface area contributed by atoms with Crippen LogP contribution in [0.25, 0.3) is 0 Å². The molecule has 1 aliphatic rings. The van der Waals surface area contributed by atoms with Gasteiger partial charge in [0, 0.05) is 12.6 Å². The second-order valence-electron chi connectivity index (χ2n) is 5.47. The molecule has 1 aromatic rings. The van der Waals surface area contributed by atoms with Crippen LogP contribution >= 0.6 is 0 Å². The Morgan fingerprint density at radius 1 is 1.29 bits per heavy atom. The number of benzene rings is 1. The zero-order chi connectivity index (χ0) is 15.5. The highest BCUT2D eigenvalue weighted by Gasteiger charge is 2.30. The fourth-order valence-corrected chi connectivity index (χ4v) is 2.15. The molecule has 116 valence electrons. The summed E-state index contributed by atoms with van der Waals surface area (Å²) in [5.74, 6) is 0.589. The number of hydrogen-bond acceptors (Lipinski definition) is 1. The van der Waals surface area contributed by atoms with Crippen LogP contribution in [-0.4, -0.2) is 18.6 Å². The Bertz CT molecular complexity index is 481. The number of carbonyl (C=O) groups is 1. The molecular formula is C15H19F3N2O. The van der Waals surface area contributed by atoms with Gasteiger partial charge in [-0.05, 0) is 49.8 Å². The molecule has 6 heteroatoms. The lowest BCUT2D eigenvalue weighted by Crippen LogP contribution is -2.42. The van der Waals surface area contributed by atoms with Crippen LogP contribution in [0.2, 0.25) is 0 Å². The first kappa shape index (κ1) is 15.7. The lowest BCUT2D eigenvalue weighted by atomic mass is 10.1. The molecule has 0 spiro atoms. The molecule has 0 aromatic heterocycles. The molecule has 0 radical (unpaired) electrons. The van der Waals surface area contributed by atoms with Crippen molar-refractivity contribution in [3.63, 3.8) is 0 Å². The zero-order valence-electron chi connectivity index (χ0n) is 11.8. The van der Waals surface area contributed by atoms with E-state index < -0.39 is 11.7 Å². The van der Waals surface area contributed by atoms with Gasteiger partial charge in [0.25, 0.3) is 0 Å². The molecule has 0 bridgehead atoms. The van der Waals surface area contributed by atoms with Gasteiger partial charge in [-0.15, -0.1) is 0 Å². The van der Waals surface area contributed by atoms with Gasteiger partial charge in [-0.3, -0.25) is 0 Å². The smallest absolute Gasteiger partial charge is 0.338 e. The predicted octanol–water partition coefficient (Wildman–Crippen LogP) is 3.35. The van der Waals surface area contributed by atoms with Crippen molar-refractivity contribution in [1.82, 2.24) is 10.6 Å². The lowest BCUT2D eigenvalue weighted by molar-refractivity contribution is -0.137. The average molecular weight is 300 g/mol. The maximum Gasteiger partial charge on any atom is 0.416 e. The van der Waals surface area contributed by atoms with Crippen molar-refractivity contribution in [2.75, 3.05) is 6.54 Å². The largest absolute Gasteiger partial charge is 0.416 e. The van der Waals surface area contributed by atoms with E-state index in [4.69, 9.17) is 0 Å². The molecule has 1 atom stereocenters. The van der Waals surface area contributed by atoms with E-state index in [1.165, 1.54) is 12.1 Å². The molecule has 2 rings (SSSR count). The number of amides is 2. The molecule has 21 heavy (non-hydrogen) atoms. The van der Waals surface area contributed by atoms with E-state index in [-0.39, 0.29) is 12.1 Å². The van der Waals surface area contributed by atoms with Crippen LogP contribution in [0.4, 0.5) is 18.0 Å². The first-order chi connectivity index (χ1) is 9.86. The van der Waals surface area contributed by atoms with Gasteiger partial charge in [0.05, 0.1) is 5.56 Å². The van der Waals surface area contributed by atoms with Crippen molar-refractivity contribution in [1.29, 1.82) is 0 Å². The molecule has 0 aliphatic heterocycles. The highest BCUT2D eigenvalue weighted by atomic mass is 19.4. The second-order valence-corrected chi connectivity index (χ2v) is 5.47. The predicted molar refractivity (Wildman–Crippen MR) is 73.9 cm³/mol. The highest BCUT2D eigenvalue weighted by molar-refractivity contribution is 5.74. The van der Waals surface area contributed by atoms with Crippen molar-refractivity contribution in [3.05, 3.63) is 35.4 Å². The van der Waals surface area contributed by atoms with Crippen LogP contribution in [0.5, 0.6) is 0 Å². The third kappa shape index (κ3) is 4.95. The minimum Gasteiger partial charge on any atom is -0.338 e. The number of rotatable bonds is 5. The third-order valence-corrected chi connectivity index (χ3v) is 3.67. The summed E-state index contributed by atoms with van der Waals surface area (Å²) in [6.07, 6.45) is -1.49. The molecule has 2 amide bonds. The Balaban J connectivity index is 1.71. The summed E-state index contributed by atoms with van der Waals surface area (Å²) < 4.78 is 37.2. The zero-order valence-corrected chi connectivity index (χ0v) is 11.8. The maximum absolute atomic E-state index is 12.4. The van der Waals surface area contributed by atoms with Gasteiger partial charge in [0.2, 0.25) is 0 Å². The average Bonchev–Trinajstić information content (AvgIpc) is 3.22. The van der Waals surface area contributed by atoms with E-state index in [2.05, 4.69) is 10.6 Å². The minimum absolute atomic E-state index is 0.177. The summed E-state index contributed by atoms with van der Waals surface area (Å²) in [6.45, 7) is 2.38. The first-order valence-electron chi connectivity index (χ1n) is 7.07. The number of urea groups is 1. The maximum atomic E-state index is 12.4. The Hall–Kier alpha value is -1.72. The van der Waals surface area contributed by atoms with E-state index in [1.54, 1.807) is 0 Å². The van der Waals surface area contributed by atoms with Gasteiger partial charge in [0.15, 0.2) is 0 Å². The Morgan fingerprint density at radius 2 is 1.90 bits per heavy atom. The molecule has 0 saturated heterocycles. The van der Waals surface area contributed by atoms with E-state index in [0.717, 1.165) is 30.5 Å². The summed E-state index contributed by atoms with van der Waals surface area (Å²) in [5, 5.41) is 5.58. The number of carbonyl (C=O) groups excluding carboxylic acids is 1. The normalized spacial score (nSPS) is 16.4. The van der Waals surface area contributed by atoms with Crippen LogP contribution in [-0.2, 0) is 12.6 Å². The minimum atomic E-state index is -4.31. The van der Waals surface area contributed by atoms with Gasteiger partial charge in [-0.2, -0.15) is 13.2 Å². The Labute approximate surface area is 121 Å². The van der Waals surface area contributed by atoms with Crippen molar-refractivity contribution in [3.8, 4) is 0 Å². The molecule has 1 saturated carbocycles. The number of hydrogen-bond donors (Lipinski definition) is 2. The summed E-state index contributed by atoms with van der Waals surface area (Å²) in [5.41, 5.74) is 0.105. The van der Waals surface area contributed by atoms with Gasteiger partial charge in [-0.25, -0.2) is 4.79 Å². The van der Waals surface area contributed by atoms with E-state index in [0.29, 0.717) is 18.9 Å². The van der Waals surface area contributed by atoms with E-state index >= 15 is 0 Å². The SMILES string of the molecule is CC(NC(=O)NCCc1ccc(C(F)(F)F)cc1)C1CC1. The van der Waals surface area contributed by atoms with E-state index in [9.17, 15) is 18.0 Å². The Kier molecular flexibility index (Phi) is 4.75. The van der Waals surface area contributed by atoms with Crippen LogP contribution in [0.3, 0.4) is 0 Å². The molecular weight excluding hydrogens is 281 g/mol. The van der Waals surface area contributed by atoms with Crippen LogP contribution < -0.4 is 10.6 Å². The molecule has 1 aromatic carbocycles. The Morgan fingerprint density at radius 3 is 2.43 bits per heavy atom. The molecule has 0 heterocycles. The van der Waals surface area contributed by atoms with Crippen molar-refractivity contribution in [2.24, 2.45) is 5.92 Å². The van der Waals surface area contributed by atoms with E-state index in [1.807, 2.05) is 6.92 Å². The topological polar surface area (TPSA) is 41.1 Å². The molecule has 2 N–H and O–H groups in total. The van der Waals surface area contributed by atoms with Crippen molar-refractivity contribution < 1.29 is 18.0 Å². The van der Waals surface area contributed by atoms with Crippen LogP contribution in [0.1, 0.15) is 30.9 Å². The highest BCUT2D eigenvalue weighted by Crippen LogP contribution is 2.32. The molecule has 1 fully saturated rings. The fourth-order valence-electron chi connectivity index (χ4n) is 2.15. The standard InChI is InChI=1S/C15H19F3N2O/c1-10(12-4-5-12)20-14(21)19-9-8-11-2-6-13(7-3-11)15(16,17)18/h2-3,6-7,10,12H,4-5,8-9H2,1H3,(H2,19,20,21). The number of alkyl halides is 3. The number of nitrogens with one attached hydrogen (secondary N) is 2. The molecule has 1 aliphatic carbocycles. The summed E-state index contributed by atoms with van der Waals surface area (Å²) in [6, 6.07) is 4.96. The summed E-state index contributed by atoms with van der Waals surface area (Å²) in [7, 11) is 0. The number of halogens is 3. The van der Waals surface area contributed by atoms with Gasteiger partial charge in [-0.1, -0.05) is 12.1 Å². The second kappa shape index (κ2) is 6.37. The van der Waals surface area contributed by atoms with Crippen molar-refractivity contribution in [2.45, 2.75) is 38.4 Å². The molecule has 1 unspecified atom stereocenters. The lowest BCUT2D eigenvalue weighted by Gasteiger charge is -2.13. The third-order valence-electron chi connectivity index (χ3n) is 3.67. The van der Waals surface area contributed by atoms with Crippen LogP contribution in [0.15, 0.2) is 24.3 Å². The van der Waals surface area contributed by atoms with Gasteiger partial charge < -0.3 is 10.6 Å². The summed E-state index contributed by atoms with van der Waals surface area (Å²) in [4.78, 5) is 11.6. The van der Waals surface area contributed by atoms with Crippen LogP contribution in [0, 0.1) is 5.92 Å². The van der Waals surface area contributed by atoms with Gasteiger partial charge >= 0.3 is 12.2 Å². The van der Waals surface area contributed by atoms with Crippen molar-refractivity contribution >= 4 is 6.03 Å². The summed E-state index contributed by atoms with van der Waals surface area (Å²) >= 11 is 0. The fraction of sp³-hybridized carbons (Fsp3) is 0.533. The first-order valence-corrected chi connectivity index (χ1v) is 7.07. The monoisotopic (exact) mass is 300 g/mol. The van der Waals surface area contributed by atoms with Gasteiger partial charge in [0.1, 0.15) is 0 Å².